The first-order valence-corrected chi connectivity index (χ1v) is 8.58. The van der Waals surface area contributed by atoms with Crippen molar-refractivity contribution in [2.45, 2.75) is 30.3 Å². The van der Waals surface area contributed by atoms with E-state index in [4.69, 9.17) is 10.7 Å². The van der Waals surface area contributed by atoms with Gasteiger partial charge in [-0.05, 0) is 18.9 Å². The van der Waals surface area contributed by atoms with Gasteiger partial charge in [-0.15, -0.1) is 0 Å². The second kappa shape index (κ2) is 4.79. The van der Waals surface area contributed by atoms with Gasteiger partial charge in [0.15, 0.2) is 0 Å². The van der Waals surface area contributed by atoms with Gasteiger partial charge in [0.2, 0.25) is 5.91 Å². The Labute approximate surface area is 120 Å². The van der Waals surface area contributed by atoms with Gasteiger partial charge in [0.05, 0.1) is 0 Å². The lowest BCUT2D eigenvalue weighted by Gasteiger charge is -2.05. The number of carbonyl (C=O) groups is 1. The molecule has 0 spiro atoms. The van der Waals surface area contributed by atoms with E-state index in [-0.39, 0.29) is 23.4 Å². The molecule has 5 nitrogen and oxygen atoms in total. The fourth-order valence-electron chi connectivity index (χ4n) is 2.19. The molecule has 1 aromatic carbocycles. The van der Waals surface area contributed by atoms with Gasteiger partial charge in [0.25, 0.3) is 9.05 Å². The number of amides is 1. The van der Waals surface area contributed by atoms with Crippen molar-refractivity contribution in [3.63, 3.8) is 0 Å². The minimum atomic E-state index is -3.84. The number of carbonyl (C=O) groups excluding carboxylic acids is 1. The number of halogens is 1. The Morgan fingerprint density at radius 3 is 2.70 bits per heavy atom. The maximum atomic E-state index is 11.9. The highest BCUT2D eigenvalue weighted by Gasteiger charge is 2.24. The Balaban J connectivity index is 2.00. The van der Waals surface area contributed by atoms with E-state index in [0.717, 1.165) is 12.8 Å². The van der Waals surface area contributed by atoms with Crippen LogP contribution in [0.1, 0.15) is 12.8 Å². The molecule has 0 bridgehead atoms. The van der Waals surface area contributed by atoms with E-state index < -0.39 is 9.05 Å². The van der Waals surface area contributed by atoms with Crippen LogP contribution < -0.4 is 5.32 Å². The molecule has 1 aliphatic carbocycles. The molecule has 2 aromatic rings. The van der Waals surface area contributed by atoms with Crippen molar-refractivity contribution in [2.24, 2.45) is 0 Å². The molecule has 1 fully saturated rings. The van der Waals surface area contributed by atoms with E-state index in [2.05, 4.69) is 5.32 Å². The summed E-state index contributed by atoms with van der Waals surface area (Å²) >= 11 is 0. The van der Waals surface area contributed by atoms with Crippen LogP contribution in [0.3, 0.4) is 0 Å². The Bertz CT molecular complexity index is 778. The first-order valence-electron chi connectivity index (χ1n) is 6.27. The van der Waals surface area contributed by atoms with Gasteiger partial charge in [-0.2, -0.15) is 0 Å². The summed E-state index contributed by atoms with van der Waals surface area (Å²) in [5.41, 5.74) is 0.678. The van der Waals surface area contributed by atoms with Crippen LogP contribution in [0.2, 0.25) is 0 Å². The average molecular weight is 313 g/mol. The predicted molar refractivity (Wildman–Crippen MR) is 76.1 cm³/mol. The van der Waals surface area contributed by atoms with Crippen molar-refractivity contribution >= 4 is 36.5 Å². The van der Waals surface area contributed by atoms with Crippen molar-refractivity contribution in [1.29, 1.82) is 0 Å². The largest absolute Gasteiger partial charge is 0.352 e. The van der Waals surface area contributed by atoms with Crippen molar-refractivity contribution in [3.05, 3.63) is 30.5 Å². The minimum absolute atomic E-state index is 0.0361. The first kappa shape index (κ1) is 13.5. The normalized spacial score (nSPS) is 15.4. The summed E-state index contributed by atoms with van der Waals surface area (Å²) < 4.78 is 24.8. The topological polar surface area (TPSA) is 68.2 Å². The number of rotatable bonds is 4. The number of fused-ring (bicyclic) bond motifs is 1. The molecule has 1 amide bonds. The SMILES string of the molecule is O=C(Cn1cc(S(=O)(=O)Cl)c2ccccc21)NC1CC1. The van der Waals surface area contributed by atoms with Gasteiger partial charge >= 0.3 is 0 Å². The van der Waals surface area contributed by atoms with Gasteiger partial charge in [-0.1, -0.05) is 18.2 Å². The number of nitrogens with one attached hydrogen (secondary N) is 1. The fraction of sp³-hybridized carbons (Fsp3) is 0.308. The molecule has 20 heavy (non-hydrogen) atoms. The number of para-hydroxylation sites is 1. The van der Waals surface area contributed by atoms with Gasteiger partial charge < -0.3 is 9.88 Å². The molecule has 0 unspecified atom stereocenters. The summed E-state index contributed by atoms with van der Waals surface area (Å²) in [6.45, 7) is 0.0867. The maximum Gasteiger partial charge on any atom is 0.263 e. The Hall–Kier alpha value is -1.53. The number of aromatic nitrogens is 1. The molecule has 106 valence electrons. The van der Waals surface area contributed by atoms with Crippen molar-refractivity contribution in [3.8, 4) is 0 Å². The van der Waals surface area contributed by atoms with Crippen LogP contribution in [0.25, 0.3) is 10.9 Å². The molecule has 0 saturated heterocycles. The molecule has 7 heteroatoms. The van der Waals surface area contributed by atoms with E-state index in [9.17, 15) is 13.2 Å². The van der Waals surface area contributed by atoms with Crippen molar-refractivity contribution in [1.82, 2.24) is 9.88 Å². The second-order valence-electron chi connectivity index (χ2n) is 4.92. The Morgan fingerprint density at radius 1 is 1.35 bits per heavy atom. The Morgan fingerprint density at radius 2 is 2.05 bits per heavy atom. The van der Waals surface area contributed by atoms with E-state index in [0.29, 0.717) is 10.9 Å². The van der Waals surface area contributed by atoms with Crippen LogP contribution in [0.5, 0.6) is 0 Å². The summed E-state index contributed by atoms with van der Waals surface area (Å²) in [7, 11) is 1.60. The van der Waals surface area contributed by atoms with Crippen molar-refractivity contribution in [2.75, 3.05) is 0 Å². The van der Waals surface area contributed by atoms with E-state index in [1.165, 1.54) is 6.20 Å². The van der Waals surface area contributed by atoms with Crippen LogP contribution in [-0.4, -0.2) is 24.9 Å². The van der Waals surface area contributed by atoms with Crippen LogP contribution in [0, 0.1) is 0 Å². The third kappa shape index (κ3) is 2.66. The molecule has 0 radical (unpaired) electrons. The van der Waals surface area contributed by atoms with Gasteiger partial charge in [-0.3, -0.25) is 4.79 Å². The third-order valence-corrected chi connectivity index (χ3v) is 4.62. The maximum absolute atomic E-state index is 11.9. The molecule has 0 aliphatic heterocycles. The zero-order valence-corrected chi connectivity index (χ0v) is 12.1. The molecule has 1 saturated carbocycles. The molecular weight excluding hydrogens is 300 g/mol. The molecule has 1 aliphatic rings. The van der Waals surface area contributed by atoms with E-state index >= 15 is 0 Å². The summed E-state index contributed by atoms with van der Waals surface area (Å²) in [5.74, 6) is -0.119. The molecule has 0 atom stereocenters. The summed E-state index contributed by atoms with van der Waals surface area (Å²) in [5, 5.41) is 3.40. The second-order valence-corrected chi connectivity index (χ2v) is 7.45. The predicted octanol–water partition coefficient (Wildman–Crippen LogP) is 1.85. The average Bonchev–Trinajstić information content (AvgIpc) is 3.09. The standard InChI is InChI=1S/C13H13ClN2O3S/c14-20(18,19)12-7-16(8-13(17)15-9-5-6-9)11-4-2-1-3-10(11)12/h1-4,7,9H,5-6,8H2,(H,15,17). The van der Waals surface area contributed by atoms with Crippen LogP contribution >= 0.6 is 10.7 Å². The number of nitrogens with zero attached hydrogens (tertiary/aromatic N) is 1. The van der Waals surface area contributed by atoms with Crippen molar-refractivity contribution < 1.29 is 13.2 Å². The smallest absolute Gasteiger partial charge is 0.263 e. The number of hydrogen-bond donors (Lipinski definition) is 1. The first-order chi connectivity index (χ1) is 9.45. The number of benzene rings is 1. The van der Waals surface area contributed by atoms with Gasteiger partial charge in [-0.25, -0.2) is 8.42 Å². The summed E-state index contributed by atoms with van der Waals surface area (Å²) in [6.07, 6.45) is 3.44. The van der Waals surface area contributed by atoms with Gasteiger partial charge in [0.1, 0.15) is 11.4 Å². The number of hydrogen-bond acceptors (Lipinski definition) is 3. The van der Waals surface area contributed by atoms with Crippen LogP contribution in [0.15, 0.2) is 35.4 Å². The van der Waals surface area contributed by atoms with Gasteiger partial charge in [0, 0.05) is 33.8 Å². The summed E-state index contributed by atoms with van der Waals surface area (Å²) in [4.78, 5) is 11.9. The van der Waals surface area contributed by atoms with Crippen LogP contribution in [0.4, 0.5) is 0 Å². The monoisotopic (exact) mass is 312 g/mol. The lowest BCUT2D eigenvalue weighted by Crippen LogP contribution is -2.29. The molecule has 1 heterocycles. The van der Waals surface area contributed by atoms with E-state index in [1.807, 2.05) is 0 Å². The summed E-state index contributed by atoms with van der Waals surface area (Å²) in [6, 6.07) is 7.26. The van der Waals surface area contributed by atoms with E-state index in [1.54, 1.807) is 28.8 Å². The van der Waals surface area contributed by atoms with Crippen LogP contribution in [-0.2, 0) is 20.4 Å². The quantitative estimate of drug-likeness (QED) is 0.876. The highest BCUT2D eigenvalue weighted by atomic mass is 35.7. The lowest BCUT2D eigenvalue weighted by molar-refractivity contribution is -0.121. The molecule has 1 N–H and O–H groups in total. The molecule has 1 aromatic heterocycles. The highest BCUT2D eigenvalue weighted by Crippen LogP contribution is 2.28. The zero-order valence-electron chi connectivity index (χ0n) is 10.5. The highest BCUT2D eigenvalue weighted by molar-refractivity contribution is 8.14. The molecule has 3 rings (SSSR count). The Kier molecular flexibility index (Phi) is 3.22. The molecular formula is C13H13ClN2O3S. The fourth-order valence-corrected chi connectivity index (χ4v) is 3.25. The zero-order chi connectivity index (χ0) is 14.3. The third-order valence-electron chi connectivity index (χ3n) is 3.27. The minimum Gasteiger partial charge on any atom is -0.352 e. The lowest BCUT2D eigenvalue weighted by atomic mass is 10.2.